The van der Waals surface area contributed by atoms with E-state index in [1.165, 1.54) is 0 Å². The highest BCUT2D eigenvalue weighted by Gasteiger charge is 2.15. The fourth-order valence-corrected chi connectivity index (χ4v) is 2.16. The monoisotopic (exact) mass is 238 g/mol. The molecular formula is C10H22O4S. The first kappa shape index (κ1) is 14.9. The maximum absolute atomic E-state index is 11.2. The van der Waals surface area contributed by atoms with Gasteiger partial charge in [0.05, 0.1) is 18.0 Å². The summed E-state index contributed by atoms with van der Waals surface area (Å²) in [6, 6.07) is 0. The molecule has 0 fully saturated rings. The molecule has 2 atom stereocenters. The van der Waals surface area contributed by atoms with Crippen LogP contribution in [0.3, 0.4) is 0 Å². The summed E-state index contributed by atoms with van der Waals surface area (Å²) in [6.45, 7) is 5.85. The molecule has 0 heterocycles. The summed E-state index contributed by atoms with van der Waals surface area (Å²) >= 11 is 0. The Labute approximate surface area is 92.6 Å². The molecule has 0 aliphatic carbocycles. The van der Waals surface area contributed by atoms with Gasteiger partial charge in [-0.25, -0.2) is 8.42 Å². The van der Waals surface area contributed by atoms with Crippen LogP contribution in [0, 0.1) is 0 Å². The Bertz CT molecular complexity index is 248. The molecule has 0 spiro atoms. The number of rotatable bonds is 8. The van der Waals surface area contributed by atoms with Gasteiger partial charge in [0.1, 0.15) is 9.84 Å². The molecule has 1 N–H and O–H groups in total. The third kappa shape index (κ3) is 6.87. The smallest absolute Gasteiger partial charge is 0.150 e. The molecule has 0 aliphatic heterocycles. The van der Waals surface area contributed by atoms with Gasteiger partial charge in [-0.3, -0.25) is 0 Å². The second kappa shape index (κ2) is 7.19. The van der Waals surface area contributed by atoms with Gasteiger partial charge in [-0.05, 0) is 26.7 Å². The Morgan fingerprint density at radius 1 is 1.33 bits per heavy atom. The van der Waals surface area contributed by atoms with Crippen LogP contribution >= 0.6 is 0 Å². The lowest BCUT2D eigenvalue weighted by molar-refractivity contribution is -0.0248. The molecule has 0 aliphatic rings. The first-order chi connectivity index (χ1) is 6.93. The summed E-state index contributed by atoms with van der Waals surface area (Å²) in [4.78, 5) is 0. The predicted molar refractivity (Wildman–Crippen MR) is 60.7 cm³/mol. The Hall–Kier alpha value is -0.130. The summed E-state index contributed by atoms with van der Waals surface area (Å²) in [7, 11) is -2.91. The highest BCUT2D eigenvalue weighted by molar-refractivity contribution is 7.91. The van der Waals surface area contributed by atoms with Crippen LogP contribution < -0.4 is 0 Å². The molecule has 0 bridgehead atoms. The third-order valence-corrected chi connectivity index (χ3v) is 4.16. The van der Waals surface area contributed by atoms with Gasteiger partial charge in [0.15, 0.2) is 0 Å². The van der Waals surface area contributed by atoms with Crippen molar-refractivity contribution in [3.8, 4) is 0 Å². The van der Waals surface area contributed by atoms with E-state index in [-0.39, 0.29) is 17.6 Å². The number of hydrogen-bond acceptors (Lipinski definition) is 4. The molecule has 5 heteroatoms. The van der Waals surface area contributed by atoms with Gasteiger partial charge < -0.3 is 9.84 Å². The maximum atomic E-state index is 11.2. The Morgan fingerprint density at radius 2 is 1.93 bits per heavy atom. The van der Waals surface area contributed by atoms with Crippen molar-refractivity contribution in [3.05, 3.63) is 0 Å². The number of hydrogen-bond donors (Lipinski definition) is 1. The Morgan fingerprint density at radius 3 is 2.40 bits per heavy atom. The van der Waals surface area contributed by atoms with Crippen molar-refractivity contribution >= 4 is 9.84 Å². The molecule has 0 amide bonds. The van der Waals surface area contributed by atoms with Crippen molar-refractivity contribution in [2.45, 2.75) is 45.8 Å². The first-order valence-corrected chi connectivity index (χ1v) is 7.25. The van der Waals surface area contributed by atoms with Crippen molar-refractivity contribution in [3.63, 3.8) is 0 Å². The lowest BCUT2D eigenvalue weighted by Crippen LogP contribution is -2.26. The van der Waals surface area contributed by atoms with Gasteiger partial charge in [0, 0.05) is 12.4 Å². The Kier molecular flexibility index (Phi) is 7.13. The van der Waals surface area contributed by atoms with Gasteiger partial charge in [0.25, 0.3) is 0 Å². The second-order valence-corrected chi connectivity index (χ2v) is 6.08. The number of ether oxygens (including phenoxy) is 1. The first-order valence-electron chi connectivity index (χ1n) is 5.43. The van der Waals surface area contributed by atoms with Crippen LogP contribution in [0.5, 0.6) is 0 Å². The van der Waals surface area contributed by atoms with Crippen molar-refractivity contribution in [1.82, 2.24) is 0 Å². The number of sulfone groups is 1. The molecule has 4 nitrogen and oxygen atoms in total. The average molecular weight is 238 g/mol. The summed E-state index contributed by atoms with van der Waals surface area (Å²) in [5, 5.41) is 9.60. The van der Waals surface area contributed by atoms with Gasteiger partial charge in [-0.1, -0.05) is 6.92 Å². The summed E-state index contributed by atoms with van der Waals surface area (Å²) in [5.41, 5.74) is 0. The molecule has 92 valence electrons. The van der Waals surface area contributed by atoms with Gasteiger partial charge >= 0.3 is 0 Å². The molecule has 0 radical (unpaired) electrons. The normalized spacial score (nSPS) is 16.3. The van der Waals surface area contributed by atoms with Crippen LogP contribution in [-0.4, -0.2) is 43.8 Å². The van der Waals surface area contributed by atoms with Crippen molar-refractivity contribution in [1.29, 1.82) is 0 Å². The largest absolute Gasteiger partial charge is 0.390 e. The molecule has 0 saturated carbocycles. The van der Waals surface area contributed by atoms with E-state index in [2.05, 4.69) is 0 Å². The summed E-state index contributed by atoms with van der Waals surface area (Å²) < 4.78 is 27.5. The summed E-state index contributed by atoms with van der Waals surface area (Å²) in [5.74, 6) is 0.323. The molecular weight excluding hydrogens is 216 g/mol. The van der Waals surface area contributed by atoms with Crippen molar-refractivity contribution in [2.24, 2.45) is 0 Å². The van der Waals surface area contributed by atoms with E-state index in [0.29, 0.717) is 19.4 Å². The van der Waals surface area contributed by atoms with Gasteiger partial charge in [-0.15, -0.1) is 0 Å². The second-order valence-electron chi connectivity index (χ2n) is 3.61. The fraction of sp³-hybridized carbons (Fsp3) is 1.00. The summed E-state index contributed by atoms with van der Waals surface area (Å²) in [6.07, 6.45) is 0.172. The van der Waals surface area contributed by atoms with E-state index in [1.807, 2.05) is 6.92 Å². The van der Waals surface area contributed by atoms with E-state index in [1.54, 1.807) is 13.8 Å². The van der Waals surface area contributed by atoms with E-state index in [9.17, 15) is 13.5 Å². The molecule has 0 aromatic carbocycles. The van der Waals surface area contributed by atoms with Gasteiger partial charge in [0.2, 0.25) is 0 Å². The van der Waals surface area contributed by atoms with Crippen LogP contribution in [0.4, 0.5) is 0 Å². The quantitative estimate of drug-likeness (QED) is 0.685. The van der Waals surface area contributed by atoms with E-state index in [0.717, 1.165) is 0 Å². The van der Waals surface area contributed by atoms with Gasteiger partial charge in [-0.2, -0.15) is 0 Å². The highest BCUT2D eigenvalue weighted by Crippen LogP contribution is 2.07. The average Bonchev–Trinajstić information content (AvgIpc) is 2.18. The minimum absolute atomic E-state index is 0.152. The van der Waals surface area contributed by atoms with E-state index < -0.39 is 15.9 Å². The zero-order chi connectivity index (χ0) is 11.9. The van der Waals surface area contributed by atoms with E-state index >= 15 is 0 Å². The van der Waals surface area contributed by atoms with Crippen molar-refractivity contribution in [2.75, 3.05) is 18.1 Å². The zero-order valence-electron chi connectivity index (χ0n) is 9.77. The lowest BCUT2D eigenvalue weighted by atomic mass is 10.1. The molecule has 0 saturated heterocycles. The van der Waals surface area contributed by atoms with Crippen molar-refractivity contribution < 1.29 is 18.3 Å². The Balaban J connectivity index is 3.77. The number of aliphatic hydroxyl groups excluding tert-OH is 1. The van der Waals surface area contributed by atoms with Crippen LogP contribution in [-0.2, 0) is 14.6 Å². The molecule has 2 unspecified atom stereocenters. The highest BCUT2D eigenvalue weighted by atomic mass is 32.2. The SMILES string of the molecule is CCOC(C)C(O)CCCS(=O)(=O)CC. The molecule has 0 aromatic rings. The standard InChI is InChI=1S/C10H22O4S/c1-4-14-9(3)10(11)7-6-8-15(12,13)5-2/h9-11H,4-8H2,1-3H3. The van der Waals surface area contributed by atoms with Crippen LogP contribution in [0.1, 0.15) is 33.6 Å². The van der Waals surface area contributed by atoms with Crippen LogP contribution in [0.2, 0.25) is 0 Å². The van der Waals surface area contributed by atoms with E-state index in [4.69, 9.17) is 4.74 Å². The number of aliphatic hydroxyl groups is 1. The maximum Gasteiger partial charge on any atom is 0.150 e. The minimum Gasteiger partial charge on any atom is -0.390 e. The topological polar surface area (TPSA) is 63.6 Å². The molecule has 0 rings (SSSR count). The molecule has 0 aromatic heterocycles. The molecule has 15 heavy (non-hydrogen) atoms. The van der Waals surface area contributed by atoms with Crippen LogP contribution in [0.25, 0.3) is 0 Å². The predicted octanol–water partition coefficient (Wildman–Crippen LogP) is 0.987. The minimum atomic E-state index is -2.91. The lowest BCUT2D eigenvalue weighted by Gasteiger charge is -2.18. The third-order valence-electron chi connectivity index (χ3n) is 2.37. The fourth-order valence-electron chi connectivity index (χ4n) is 1.27. The zero-order valence-corrected chi connectivity index (χ0v) is 10.6. The van der Waals surface area contributed by atoms with Crippen LogP contribution in [0.15, 0.2) is 0 Å².